The molecule has 1 aliphatic carbocycles. The highest BCUT2D eigenvalue weighted by Crippen LogP contribution is 2.49. The molecule has 2 aromatic heterocycles. The van der Waals surface area contributed by atoms with Crippen LogP contribution in [0.15, 0.2) is 54.7 Å². The van der Waals surface area contributed by atoms with Gasteiger partial charge >= 0.3 is 6.18 Å². The third-order valence-electron chi connectivity index (χ3n) is 8.93. The summed E-state index contributed by atoms with van der Waals surface area (Å²) in [6.07, 6.45) is -2.32. The maximum absolute atomic E-state index is 14.9. The number of anilines is 1. The molecule has 1 unspecified atom stereocenters. The van der Waals surface area contributed by atoms with E-state index in [0.717, 1.165) is 36.6 Å². The first-order valence-corrected chi connectivity index (χ1v) is 15.2. The molecule has 14 heteroatoms. The van der Waals surface area contributed by atoms with Crippen molar-refractivity contribution in [3.63, 3.8) is 0 Å². The Hall–Kier alpha value is -5.11. The first-order valence-electron chi connectivity index (χ1n) is 15.2. The van der Waals surface area contributed by atoms with Gasteiger partial charge in [-0.2, -0.15) is 13.2 Å². The molecule has 2 atom stereocenters. The Labute approximate surface area is 271 Å². The van der Waals surface area contributed by atoms with Crippen molar-refractivity contribution in [1.82, 2.24) is 15.3 Å². The molecular formula is C34H31F4N5O5. The van der Waals surface area contributed by atoms with Crippen LogP contribution in [0.4, 0.5) is 23.2 Å². The fourth-order valence-electron chi connectivity index (χ4n) is 5.81. The van der Waals surface area contributed by atoms with Gasteiger partial charge in [0.25, 0.3) is 5.91 Å². The fraction of sp³-hybridized carbons (Fsp3) is 0.324. The van der Waals surface area contributed by atoms with Crippen molar-refractivity contribution in [2.75, 3.05) is 18.5 Å². The van der Waals surface area contributed by atoms with Crippen molar-refractivity contribution in [3.05, 3.63) is 82.9 Å². The number of pyridine rings is 2. The molecule has 250 valence electrons. The molecule has 0 spiro atoms. The molecule has 0 saturated heterocycles. The number of nitrogens with two attached hydrogens (primary N) is 1. The van der Waals surface area contributed by atoms with Crippen LogP contribution in [0.2, 0.25) is 0 Å². The number of halogens is 4. The summed E-state index contributed by atoms with van der Waals surface area (Å²) >= 11 is 0. The normalized spacial score (nSPS) is 18.5. The number of hydrogen-bond acceptors (Lipinski definition) is 7. The van der Waals surface area contributed by atoms with Crippen LogP contribution in [0.1, 0.15) is 53.4 Å². The Morgan fingerprint density at radius 2 is 1.81 bits per heavy atom. The highest BCUT2D eigenvalue weighted by molar-refractivity contribution is 6.06. The zero-order valence-electron chi connectivity index (χ0n) is 25.9. The molecule has 3 heterocycles. The molecule has 10 nitrogen and oxygen atoms in total. The standard InChI is InChI=1S/C34H31F4N5O5/c1-3-32(31(39)46)16-48-28-23(32)13-25(43-27(28)18-6-8-22(35)9-7-18)33(47,34(36,37)38)15-41-29(44)21-11-20-10-17(2)14-40-26(20)24(12-21)42-30(45)19-4-5-19/h6-14,19,47H,3-5,15-16H2,1-2H3,(H2,39,46)(H,41,44)(H,42,45)/t32-,33?/m0/s1. The molecule has 5 N–H and O–H groups in total. The van der Waals surface area contributed by atoms with Crippen molar-refractivity contribution < 1.29 is 41.8 Å². The molecule has 0 bridgehead atoms. The number of nitrogens with one attached hydrogen (secondary N) is 2. The Morgan fingerprint density at radius 3 is 2.44 bits per heavy atom. The van der Waals surface area contributed by atoms with Gasteiger partial charge < -0.3 is 26.2 Å². The van der Waals surface area contributed by atoms with E-state index in [2.05, 4.69) is 20.6 Å². The van der Waals surface area contributed by atoms with Crippen LogP contribution in [-0.2, 0) is 20.6 Å². The zero-order chi connectivity index (χ0) is 34.6. The molecule has 2 aliphatic rings. The Balaban J connectivity index is 1.41. The second kappa shape index (κ2) is 11.8. The van der Waals surface area contributed by atoms with E-state index in [9.17, 15) is 37.1 Å². The van der Waals surface area contributed by atoms with Crippen LogP contribution in [0.25, 0.3) is 22.2 Å². The monoisotopic (exact) mass is 665 g/mol. The van der Waals surface area contributed by atoms with Gasteiger partial charge in [0.2, 0.25) is 17.4 Å². The number of fused-ring (bicyclic) bond motifs is 2. The van der Waals surface area contributed by atoms with Crippen LogP contribution in [0, 0.1) is 18.7 Å². The number of aromatic nitrogens is 2. The lowest BCUT2D eigenvalue weighted by atomic mass is 9.78. The molecule has 1 fully saturated rings. The first-order chi connectivity index (χ1) is 22.7. The predicted octanol–water partition coefficient (Wildman–Crippen LogP) is 4.80. The summed E-state index contributed by atoms with van der Waals surface area (Å²) in [6, 6.07) is 10.0. The van der Waals surface area contributed by atoms with E-state index in [1.807, 2.05) is 0 Å². The summed E-state index contributed by atoms with van der Waals surface area (Å²) in [5.74, 6) is -2.91. The lowest BCUT2D eigenvalue weighted by Gasteiger charge is -2.32. The number of carbonyl (C=O) groups is 3. The van der Waals surface area contributed by atoms with Gasteiger partial charge in [-0.05, 0) is 80.3 Å². The van der Waals surface area contributed by atoms with Gasteiger partial charge in [0.1, 0.15) is 29.3 Å². The summed E-state index contributed by atoms with van der Waals surface area (Å²) in [7, 11) is 0. The molecular weight excluding hydrogens is 634 g/mol. The second-order valence-corrected chi connectivity index (χ2v) is 12.2. The predicted molar refractivity (Wildman–Crippen MR) is 166 cm³/mol. The maximum Gasteiger partial charge on any atom is 0.424 e. The van der Waals surface area contributed by atoms with Gasteiger partial charge in [0.15, 0.2) is 0 Å². The SMILES string of the molecule is CC[C@]1(C(N)=O)COc2c1cc(C(O)(CNC(=O)c1cc(NC(=O)C3CC3)c3ncc(C)cc3c1)C(F)(F)F)nc2-c1ccc(F)cc1. The number of nitrogens with zero attached hydrogens (tertiary/aromatic N) is 2. The molecule has 48 heavy (non-hydrogen) atoms. The van der Waals surface area contributed by atoms with Crippen molar-refractivity contribution in [2.45, 2.75) is 50.3 Å². The maximum atomic E-state index is 14.9. The third kappa shape index (κ3) is 5.69. The van der Waals surface area contributed by atoms with Crippen LogP contribution in [-0.4, -0.2) is 52.1 Å². The summed E-state index contributed by atoms with van der Waals surface area (Å²) in [6.45, 7) is 1.71. The minimum absolute atomic E-state index is 0.0238. The lowest BCUT2D eigenvalue weighted by molar-refractivity contribution is -0.265. The highest BCUT2D eigenvalue weighted by Gasteiger charge is 2.58. The van der Waals surface area contributed by atoms with Crippen molar-refractivity contribution in [3.8, 4) is 17.0 Å². The molecule has 2 aromatic carbocycles. The van der Waals surface area contributed by atoms with E-state index in [4.69, 9.17) is 10.5 Å². The fourth-order valence-corrected chi connectivity index (χ4v) is 5.81. The van der Waals surface area contributed by atoms with E-state index >= 15 is 0 Å². The number of ether oxygens (including phenoxy) is 1. The van der Waals surface area contributed by atoms with Crippen LogP contribution in [0.5, 0.6) is 5.75 Å². The minimum Gasteiger partial charge on any atom is -0.489 e. The number of aliphatic hydroxyl groups is 1. The second-order valence-electron chi connectivity index (χ2n) is 12.2. The van der Waals surface area contributed by atoms with Gasteiger partial charge in [-0.15, -0.1) is 0 Å². The van der Waals surface area contributed by atoms with Crippen LogP contribution >= 0.6 is 0 Å². The number of alkyl halides is 3. The van der Waals surface area contributed by atoms with Crippen molar-refractivity contribution in [2.24, 2.45) is 11.7 Å². The Kier molecular flexibility index (Phi) is 8.10. The number of primary amides is 1. The van der Waals surface area contributed by atoms with Crippen LogP contribution < -0.4 is 21.1 Å². The minimum atomic E-state index is -5.39. The quantitative estimate of drug-likeness (QED) is 0.187. The van der Waals surface area contributed by atoms with Gasteiger partial charge in [0, 0.05) is 34.2 Å². The molecule has 0 radical (unpaired) electrons. The smallest absolute Gasteiger partial charge is 0.424 e. The molecule has 3 amide bonds. The zero-order valence-corrected chi connectivity index (χ0v) is 25.9. The third-order valence-corrected chi connectivity index (χ3v) is 8.93. The summed E-state index contributed by atoms with van der Waals surface area (Å²) < 4.78 is 64.2. The largest absolute Gasteiger partial charge is 0.489 e. The number of benzene rings is 2. The molecule has 1 saturated carbocycles. The summed E-state index contributed by atoms with van der Waals surface area (Å²) in [5.41, 5.74) is 0.680. The Bertz CT molecular complexity index is 1960. The van der Waals surface area contributed by atoms with Crippen LogP contribution in [0.3, 0.4) is 0 Å². The van der Waals surface area contributed by atoms with Gasteiger partial charge in [-0.25, -0.2) is 9.37 Å². The Morgan fingerprint density at radius 1 is 1.10 bits per heavy atom. The average molecular weight is 666 g/mol. The van der Waals surface area contributed by atoms with Crippen molar-refractivity contribution >= 4 is 34.3 Å². The topological polar surface area (TPSA) is 157 Å². The first kappa shape index (κ1) is 32.8. The summed E-state index contributed by atoms with van der Waals surface area (Å²) in [5, 5.41) is 16.8. The number of rotatable bonds is 9. The van der Waals surface area contributed by atoms with Crippen molar-refractivity contribution in [1.29, 1.82) is 0 Å². The molecule has 4 aromatic rings. The van der Waals surface area contributed by atoms with E-state index in [1.165, 1.54) is 24.3 Å². The van der Waals surface area contributed by atoms with Gasteiger partial charge in [0.05, 0.1) is 23.4 Å². The van der Waals surface area contributed by atoms with E-state index in [-0.39, 0.29) is 58.7 Å². The lowest BCUT2D eigenvalue weighted by Crippen LogP contribution is -2.52. The van der Waals surface area contributed by atoms with Gasteiger partial charge in [-0.1, -0.05) is 6.92 Å². The van der Waals surface area contributed by atoms with E-state index < -0.39 is 47.1 Å². The molecule has 6 rings (SSSR count). The van der Waals surface area contributed by atoms with E-state index in [0.29, 0.717) is 10.9 Å². The van der Waals surface area contributed by atoms with E-state index in [1.54, 1.807) is 26.1 Å². The average Bonchev–Trinajstić information content (AvgIpc) is 3.83. The van der Waals surface area contributed by atoms with Gasteiger partial charge in [-0.3, -0.25) is 19.4 Å². The number of aryl methyl sites for hydroxylation is 1. The summed E-state index contributed by atoms with van der Waals surface area (Å²) in [4.78, 5) is 47.2. The molecule has 1 aliphatic heterocycles. The number of carbonyl (C=O) groups excluding carboxylic acids is 3. The number of amides is 3. The highest BCUT2D eigenvalue weighted by atomic mass is 19.4. The number of hydrogen-bond donors (Lipinski definition) is 4.